The molecule has 0 radical (unpaired) electrons. The SMILES string of the molecule is O=C(Cc1ccc(Oc2ccc(C(F)(F)F)cc2)cc1)Nc1snc(CC2CC2)c1Cl. The van der Waals surface area contributed by atoms with E-state index in [4.69, 9.17) is 16.3 Å². The summed E-state index contributed by atoms with van der Waals surface area (Å²) in [5, 5.41) is 3.89. The van der Waals surface area contributed by atoms with E-state index in [1.165, 1.54) is 36.5 Å². The number of anilines is 1. The van der Waals surface area contributed by atoms with Gasteiger partial charge in [0.05, 0.1) is 22.7 Å². The Morgan fingerprint density at radius 1 is 1.10 bits per heavy atom. The zero-order valence-electron chi connectivity index (χ0n) is 16.2. The van der Waals surface area contributed by atoms with Crippen LogP contribution in [0, 0.1) is 5.92 Å². The highest BCUT2D eigenvalue weighted by Gasteiger charge is 2.30. The molecular formula is C22H18ClF3N2O2S. The molecule has 0 unspecified atom stereocenters. The van der Waals surface area contributed by atoms with Gasteiger partial charge < -0.3 is 10.1 Å². The average Bonchev–Trinajstić information content (AvgIpc) is 3.48. The molecule has 1 saturated carbocycles. The molecule has 1 amide bonds. The van der Waals surface area contributed by atoms with E-state index in [0.717, 1.165) is 29.8 Å². The molecule has 3 aromatic rings. The molecule has 2 aromatic carbocycles. The van der Waals surface area contributed by atoms with Crippen LogP contribution in [0.3, 0.4) is 0 Å². The zero-order chi connectivity index (χ0) is 22.0. The minimum Gasteiger partial charge on any atom is -0.457 e. The van der Waals surface area contributed by atoms with Gasteiger partial charge in [0, 0.05) is 0 Å². The number of benzene rings is 2. The predicted octanol–water partition coefficient (Wildman–Crippen LogP) is 6.74. The first-order valence-electron chi connectivity index (χ1n) is 9.66. The lowest BCUT2D eigenvalue weighted by atomic mass is 10.1. The predicted molar refractivity (Wildman–Crippen MR) is 114 cm³/mol. The van der Waals surface area contributed by atoms with Gasteiger partial charge in [-0.2, -0.15) is 17.5 Å². The number of hydrogen-bond acceptors (Lipinski definition) is 4. The van der Waals surface area contributed by atoms with Crippen LogP contribution in [0.2, 0.25) is 5.02 Å². The molecule has 0 bridgehead atoms. The minimum absolute atomic E-state index is 0.146. The number of alkyl halides is 3. The highest BCUT2D eigenvalue weighted by atomic mass is 35.5. The largest absolute Gasteiger partial charge is 0.457 e. The maximum atomic E-state index is 12.6. The van der Waals surface area contributed by atoms with E-state index < -0.39 is 11.7 Å². The fourth-order valence-electron chi connectivity index (χ4n) is 2.99. The Morgan fingerprint density at radius 2 is 1.71 bits per heavy atom. The van der Waals surface area contributed by atoms with Crippen LogP contribution in [0.4, 0.5) is 18.2 Å². The van der Waals surface area contributed by atoms with Crippen molar-refractivity contribution in [1.82, 2.24) is 4.37 Å². The molecule has 0 saturated heterocycles. The molecule has 162 valence electrons. The third-order valence-corrected chi connectivity index (χ3v) is 6.16. The number of aromatic nitrogens is 1. The average molecular weight is 467 g/mol. The quantitative estimate of drug-likeness (QED) is 0.419. The number of rotatable bonds is 7. The van der Waals surface area contributed by atoms with Crippen LogP contribution in [0.5, 0.6) is 11.5 Å². The number of halogens is 4. The number of amides is 1. The fourth-order valence-corrected chi connectivity index (χ4v) is 4.04. The second-order valence-corrected chi connectivity index (χ2v) is 8.56. The summed E-state index contributed by atoms with van der Waals surface area (Å²) >= 11 is 7.52. The van der Waals surface area contributed by atoms with Crippen LogP contribution in [-0.4, -0.2) is 10.3 Å². The zero-order valence-corrected chi connectivity index (χ0v) is 17.8. The van der Waals surface area contributed by atoms with Gasteiger partial charge in [-0.05, 0) is 78.7 Å². The number of nitrogens with zero attached hydrogens (tertiary/aromatic N) is 1. The maximum absolute atomic E-state index is 12.6. The molecule has 1 aliphatic carbocycles. The molecule has 31 heavy (non-hydrogen) atoms. The lowest BCUT2D eigenvalue weighted by molar-refractivity contribution is -0.137. The molecule has 1 aromatic heterocycles. The molecule has 0 aliphatic heterocycles. The van der Waals surface area contributed by atoms with E-state index in [1.54, 1.807) is 24.3 Å². The summed E-state index contributed by atoms with van der Waals surface area (Å²) in [6, 6.07) is 11.2. The summed E-state index contributed by atoms with van der Waals surface area (Å²) in [7, 11) is 0. The molecule has 1 heterocycles. The van der Waals surface area contributed by atoms with Gasteiger partial charge >= 0.3 is 6.18 Å². The second kappa shape index (κ2) is 8.88. The third kappa shape index (κ3) is 5.77. The Morgan fingerprint density at radius 3 is 2.29 bits per heavy atom. The number of ether oxygens (including phenoxy) is 1. The van der Waals surface area contributed by atoms with Crippen LogP contribution in [0.25, 0.3) is 0 Å². The van der Waals surface area contributed by atoms with Crippen LogP contribution >= 0.6 is 23.1 Å². The van der Waals surface area contributed by atoms with Crippen LogP contribution in [-0.2, 0) is 23.8 Å². The van der Waals surface area contributed by atoms with E-state index in [-0.39, 0.29) is 12.3 Å². The Balaban J connectivity index is 1.32. The minimum atomic E-state index is -4.39. The molecule has 0 atom stereocenters. The summed E-state index contributed by atoms with van der Waals surface area (Å²) in [6.45, 7) is 0. The topological polar surface area (TPSA) is 51.2 Å². The van der Waals surface area contributed by atoms with Crippen LogP contribution in [0.15, 0.2) is 48.5 Å². The first-order chi connectivity index (χ1) is 14.8. The van der Waals surface area contributed by atoms with Crippen molar-refractivity contribution in [1.29, 1.82) is 0 Å². The summed E-state index contributed by atoms with van der Waals surface area (Å²) in [4.78, 5) is 12.4. The number of nitrogens with one attached hydrogen (secondary N) is 1. The van der Waals surface area contributed by atoms with Crippen molar-refractivity contribution >= 4 is 34.0 Å². The lowest BCUT2D eigenvalue weighted by Gasteiger charge is -2.09. The fraction of sp³-hybridized carbons (Fsp3) is 0.273. The summed E-state index contributed by atoms with van der Waals surface area (Å²) < 4.78 is 47.8. The van der Waals surface area contributed by atoms with Crippen molar-refractivity contribution < 1.29 is 22.7 Å². The first-order valence-corrected chi connectivity index (χ1v) is 10.8. The Hall–Kier alpha value is -2.58. The molecule has 4 rings (SSSR count). The highest BCUT2D eigenvalue weighted by molar-refractivity contribution is 7.11. The number of carbonyl (C=O) groups is 1. The van der Waals surface area contributed by atoms with Crippen LogP contribution < -0.4 is 10.1 Å². The number of hydrogen-bond donors (Lipinski definition) is 1. The van der Waals surface area contributed by atoms with Crippen LogP contribution in [0.1, 0.15) is 29.7 Å². The van der Waals surface area contributed by atoms with Gasteiger partial charge in [0.15, 0.2) is 0 Å². The van der Waals surface area contributed by atoms with Gasteiger partial charge in [-0.3, -0.25) is 4.79 Å². The van der Waals surface area contributed by atoms with E-state index in [9.17, 15) is 18.0 Å². The van der Waals surface area contributed by atoms with Gasteiger partial charge in [0.1, 0.15) is 16.5 Å². The summed E-state index contributed by atoms with van der Waals surface area (Å²) in [5.41, 5.74) is 0.868. The second-order valence-electron chi connectivity index (χ2n) is 7.41. The van der Waals surface area contributed by atoms with Gasteiger partial charge in [-0.15, -0.1) is 0 Å². The van der Waals surface area contributed by atoms with Crippen molar-refractivity contribution in [3.05, 3.63) is 70.4 Å². The van der Waals surface area contributed by atoms with E-state index >= 15 is 0 Å². The smallest absolute Gasteiger partial charge is 0.416 e. The molecule has 4 nitrogen and oxygen atoms in total. The highest BCUT2D eigenvalue weighted by Crippen LogP contribution is 2.38. The van der Waals surface area contributed by atoms with Gasteiger partial charge in [-0.1, -0.05) is 23.7 Å². The van der Waals surface area contributed by atoms with Crippen molar-refractivity contribution in [2.45, 2.75) is 31.9 Å². The third-order valence-electron chi connectivity index (χ3n) is 4.84. The molecule has 1 aliphatic rings. The van der Waals surface area contributed by atoms with E-state index in [2.05, 4.69) is 9.69 Å². The molecular weight excluding hydrogens is 449 g/mol. The first kappa shape index (κ1) is 21.6. The monoisotopic (exact) mass is 466 g/mol. The lowest BCUT2D eigenvalue weighted by Crippen LogP contribution is -2.13. The van der Waals surface area contributed by atoms with Gasteiger partial charge in [-0.25, -0.2) is 0 Å². The van der Waals surface area contributed by atoms with Crippen molar-refractivity contribution in [2.75, 3.05) is 5.32 Å². The van der Waals surface area contributed by atoms with Crippen molar-refractivity contribution in [3.63, 3.8) is 0 Å². The normalized spacial score (nSPS) is 13.8. The maximum Gasteiger partial charge on any atom is 0.416 e. The molecule has 1 N–H and O–H groups in total. The van der Waals surface area contributed by atoms with Crippen molar-refractivity contribution in [2.24, 2.45) is 5.92 Å². The van der Waals surface area contributed by atoms with E-state index in [1.807, 2.05) is 0 Å². The van der Waals surface area contributed by atoms with E-state index in [0.29, 0.717) is 27.4 Å². The Labute approximate surface area is 186 Å². The summed E-state index contributed by atoms with van der Waals surface area (Å²) in [5.74, 6) is 1.20. The Bertz CT molecular complexity index is 1060. The van der Waals surface area contributed by atoms with Gasteiger partial charge in [0.25, 0.3) is 0 Å². The Kier molecular flexibility index (Phi) is 6.20. The summed E-state index contributed by atoms with van der Waals surface area (Å²) in [6.07, 6.45) is -0.983. The standard InChI is InChI=1S/C22H18ClF3N2O2S/c23-20-18(11-13-1-2-13)28-31-21(20)27-19(29)12-14-3-7-16(8-4-14)30-17-9-5-15(6-10-17)22(24,25)26/h3-10,13H,1-2,11-12H2,(H,27,29). The number of carbonyl (C=O) groups excluding carboxylic acids is 1. The molecule has 9 heteroatoms. The van der Waals surface area contributed by atoms with Crippen molar-refractivity contribution in [3.8, 4) is 11.5 Å². The molecule has 0 spiro atoms. The molecule has 1 fully saturated rings. The van der Waals surface area contributed by atoms with Gasteiger partial charge in [0.2, 0.25) is 5.91 Å².